The van der Waals surface area contributed by atoms with Crippen LogP contribution in [0, 0.1) is 5.82 Å². The zero-order valence-corrected chi connectivity index (χ0v) is 16.5. The molecule has 0 aromatic heterocycles. The van der Waals surface area contributed by atoms with E-state index in [2.05, 4.69) is 5.32 Å². The van der Waals surface area contributed by atoms with Crippen LogP contribution in [-0.4, -0.2) is 45.3 Å². The maximum Gasteiger partial charge on any atom is 0.341 e. The van der Waals surface area contributed by atoms with Crippen LogP contribution in [0.5, 0.6) is 0 Å². The van der Waals surface area contributed by atoms with Gasteiger partial charge in [0.15, 0.2) is 6.61 Å². The summed E-state index contributed by atoms with van der Waals surface area (Å²) in [5.74, 6) is -2.68. The predicted molar refractivity (Wildman–Crippen MR) is 102 cm³/mol. The van der Waals surface area contributed by atoms with Crippen molar-refractivity contribution in [2.45, 2.75) is 18.2 Å². The molecule has 0 aliphatic heterocycles. The fraction of sp³-hybridized carbons (Fsp3) is 0.263. The summed E-state index contributed by atoms with van der Waals surface area (Å²) in [5.41, 5.74) is 1.00. The molecular formula is C19H21FN2O5S. The Balaban J connectivity index is 2.07. The molecule has 28 heavy (non-hydrogen) atoms. The molecule has 0 bridgehead atoms. The molecule has 9 heteroatoms. The van der Waals surface area contributed by atoms with E-state index in [1.165, 1.54) is 14.1 Å². The van der Waals surface area contributed by atoms with Gasteiger partial charge >= 0.3 is 5.97 Å². The number of nitrogens with zero attached hydrogens (tertiary/aromatic N) is 1. The lowest BCUT2D eigenvalue weighted by Crippen LogP contribution is -2.23. The maximum atomic E-state index is 14.0. The molecule has 2 aromatic rings. The SMILES string of the molecule is CCc1cccc(NC(=O)COC(=O)c2cc(S(=O)(=O)N(C)C)ccc2F)c1. The minimum Gasteiger partial charge on any atom is -0.452 e. The normalized spacial score (nSPS) is 11.3. The highest BCUT2D eigenvalue weighted by atomic mass is 32.2. The first-order chi connectivity index (χ1) is 13.1. The molecule has 2 rings (SSSR count). The van der Waals surface area contributed by atoms with Crippen molar-refractivity contribution in [1.82, 2.24) is 4.31 Å². The summed E-state index contributed by atoms with van der Waals surface area (Å²) >= 11 is 0. The standard InChI is InChI=1S/C19H21FN2O5S/c1-4-13-6-5-7-14(10-13)21-18(23)12-27-19(24)16-11-15(8-9-17(16)20)28(25,26)22(2)3/h5-11H,4,12H2,1-3H3,(H,21,23). The Morgan fingerprint density at radius 1 is 1.14 bits per heavy atom. The van der Waals surface area contributed by atoms with E-state index in [1.807, 2.05) is 13.0 Å². The number of benzene rings is 2. The molecule has 7 nitrogen and oxygen atoms in total. The lowest BCUT2D eigenvalue weighted by atomic mass is 10.1. The third-order valence-corrected chi connectivity index (χ3v) is 5.70. The Labute approximate surface area is 163 Å². The Bertz CT molecular complexity index is 990. The largest absolute Gasteiger partial charge is 0.452 e. The molecule has 0 fully saturated rings. The summed E-state index contributed by atoms with van der Waals surface area (Å²) in [6.45, 7) is 1.33. The number of hydrogen-bond acceptors (Lipinski definition) is 5. The molecule has 0 atom stereocenters. The van der Waals surface area contributed by atoms with Gasteiger partial charge in [-0.2, -0.15) is 0 Å². The van der Waals surface area contributed by atoms with Gasteiger partial charge in [0.05, 0.1) is 10.5 Å². The van der Waals surface area contributed by atoms with Gasteiger partial charge < -0.3 is 10.1 Å². The van der Waals surface area contributed by atoms with Gasteiger partial charge in [0.2, 0.25) is 10.0 Å². The number of ether oxygens (including phenoxy) is 1. The molecule has 0 radical (unpaired) electrons. The molecule has 0 saturated carbocycles. The first-order valence-corrected chi connectivity index (χ1v) is 9.87. The van der Waals surface area contributed by atoms with E-state index in [-0.39, 0.29) is 4.90 Å². The van der Waals surface area contributed by atoms with Crippen molar-refractivity contribution in [3.63, 3.8) is 0 Å². The van der Waals surface area contributed by atoms with Gasteiger partial charge in [-0.05, 0) is 42.3 Å². The maximum absolute atomic E-state index is 14.0. The number of sulfonamides is 1. The van der Waals surface area contributed by atoms with Crippen LogP contribution < -0.4 is 5.32 Å². The zero-order chi connectivity index (χ0) is 20.9. The Morgan fingerprint density at radius 2 is 1.86 bits per heavy atom. The molecule has 1 amide bonds. The number of nitrogens with one attached hydrogen (secondary N) is 1. The molecule has 0 aliphatic rings. The highest BCUT2D eigenvalue weighted by molar-refractivity contribution is 7.89. The number of hydrogen-bond donors (Lipinski definition) is 1. The average molecular weight is 408 g/mol. The molecule has 0 unspecified atom stereocenters. The molecular weight excluding hydrogens is 387 g/mol. The van der Waals surface area contributed by atoms with Crippen LogP contribution in [0.3, 0.4) is 0 Å². The van der Waals surface area contributed by atoms with Crippen LogP contribution in [0.4, 0.5) is 10.1 Å². The number of aryl methyl sites for hydroxylation is 1. The van der Waals surface area contributed by atoms with Crippen LogP contribution in [-0.2, 0) is 26.0 Å². The lowest BCUT2D eigenvalue weighted by Gasteiger charge is -2.12. The highest BCUT2D eigenvalue weighted by Gasteiger charge is 2.22. The van der Waals surface area contributed by atoms with Crippen LogP contribution in [0.1, 0.15) is 22.8 Å². The van der Waals surface area contributed by atoms with E-state index in [1.54, 1.807) is 18.2 Å². The minimum atomic E-state index is -3.85. The number of carbonyl (C=O) groups excluding carboxylic acids is 2. The van der Waals surface area contributed by atoms with Crippen molar-refractivity contribution in [2.75, 3.05) is 26.0 Å². The van der Waals surface area contributed by atoms with Crippen LogP contribution in [0.2, 0.25) is 0 Å². The van der Waals surface area contributed by atoms with Gasteiger partial charge in [0.1, 0.15) is 5.82 Å². The highest BCUT2D eigenvalue weighted by Crippen LogP contribution is 2.18. The molecule has 0 heterocycles. The summed E-state index contributed by atoms with van der Waals surface area (Å²) in [6.07, 6.45) is 0.796. The van der Waals surface area contributed by atoms with Crippen molar-refractivity contribution in [3.05, 3.63) is 59.4 Å². The van der Waals surface area contributed by atoms with E-state index in [0.717, 1.165) is 34.5 Å². The van der Waals surface area contributed by atoms with E-state index in [4.69, 9.17) is 4.74 Å². The van der Waals surface area contributed by atoms with E-state index >= 15 is 0 Å². The minimum absolute atomic E-state index is 0.258. The van der Waals surface area contributed by atoms with Crippen LogP contribution in [0.25, 0.3) is 0 Å². The van der Waals surface area contributed by atoms with Crippen molar-refractivity contribution in [3.8, 4) is 0 Å². The predicted octanol–water partition coefficient (Wildman–Crippen LogP) is 2.43. The molecule has 1 N–H and O–H groups in total. The topological polar surface area (TPSA) is 92.8 Å². The quantitative estimate of drug-likeness (QED) is 0.711. The Kier molecular flexibility index (Phi) is 6.87. The second kappa shape index (κ2) is 8.94. The fourth-order valence-corrected chi connectivity index (χ4v) is 3.24. The summed E-state index contributed by atoms with van der Waals surface area (Å²) in [4.78, 5) is 23.8. The number of anilines is 1. The van der Waals surface area contributed by atoms with E-state index in [9.17, 15) is 22.4 Å². The number of esters is 1. The second-order valence-electron chi connectivity index (χ2n) is 6.11. The number of halogens is 1. The first kappa shape index (κ1) is 21.5. The van der Waals surface area contributed by atoms with Gasteiger partial charge in [0, 0.05) is 19.8 Å². The third kappa shape index (κ3) is 5.14. The van der Waals surface area contributed by atoms with Crippen LogP contribution >= 0.6 is 0 Å². The van der Waals surface area contributed by atoms with Gasteiger partial charge in [-0.15, -0.1) is 0 Å². The average Bonchev–Trinajstić information content (AvgIpc) is 2.66. The van der Waals surface area contributed by atoms with Gasteiger partial charge in [0.25, 0.3) is 5.91 Å². The van der Waals surface area contributed by atoms with Crippen molar-refractivity contribution in [2.24, 2.45) is 0 Å². The van der Waals surface area contributed by atoms with E-state index < -0.39 is 39.9 Å². The van der Waals surface area contributed by atoms with Crippen molar-refractivity contribution < 1.29 is 27.1 Å². The second-order valence-corrected chi connectivity index (χ2v) is 8.26. The molecule has 0 aliphatic carbocycles. The van der Waals surface area contributed by atoms with Gasteiger partial charge in [-0.25, -0.2) is 21.9 Å². The van der Waals surface area contributed by atoms with Crippen molar-refractivity contribution in [1.29, 1.82) is 0 Å². The Hall–Kier alpha value is -2.78. The van der Waals surface area contributed by atoms with E-state index in [0.29, 0.717) is 5.69 Å². The number of amides is 1. The summed E-state index contributed by atoms with van der Waals surface area (Å²) in [7, 11) is -1.22. The summed E-state index contributed by atoms with van der Waals surface area (Å²) < 4.78 is 44.0. The van der Waals surface area contributed by atoms with Gasteiger partial charge in [-0.1, -0.05) is 19.1 Å². The number of carbonyl (C=O) groups is 2. The van der Waals surface area contributed by atoms with Gasteiger partial charge in [-0.3, -0.25) is 4.79 Å². The monoisotopic (exact) mass is 408 g/mol. The lowest BCUT2D eigenvalue weighted by molar-refractivity contribution is -0.119. The Morgan fingerprint density at radius 3 is 2.50 bits per heavy atom. The van der Waals surface area contributed by atoms with Crippen molar-refractivity contribution >= 4 is 27.6 Å². The third-order valence-electron chi connectivity index (χ3n) is 3.89. The summed E-state index contributed by atoms with van der Waals surface area (Å²) in [6, 6.07) is 9.97. The fourth-order valence-electron chi connectivity index (χ4n) is 2.31. The summed E-state index contributed by atoms with van der Waals surface area (Å²) in [5, 5.41) is 2.58. The molecule has 0 spiro atoms. The zero-order valence-electron chi connectivity index (χ0n) is 15.7. The van der Waals surface area contributed by atoms with Crippen LogP contribution in [0.15, 0.2) is 47.4 Å². The molecule has 0 saturated heterocycles. The smallest absolute Gasteiger partial charge is 0.341 e. The molecule has 150 valence electrons. The molecule has 2 aromatic carbocycles. The first-order valence-electron chi connectivity index (χ1n) is 8.43. The number of rotatable bonds is 7.